The summed E-state index contributed by atoms with van der Waals surface area (Å²) in [6, 6.07) is 17.2. The zero-order valence-corrected chi connectivity index (χ0v) is 18.3. The van der Waals surface area contributed by atoms with E-state index in [9.17, 15) is 9.59 Å². The second kappa shape index (κ2) is 8.49. The van der Waals surface area contributed by atoms with Crippen molar-refractivity contribution >= 4 is 11.8 Å². The molecule has 2 amide bonds. The Morgan fingerprint density at radius 3 is 1.45 bits per heavy atom. The van der Waals surface area contributed by atoms with Gasteiger partial charge in [0.15, 0.2) is 0 Å². The fourth-order valence-electron chi connectivity index (χ4n) is 5.97. The number of carbonyl (C=O) groups excluding carboxylic acids is 2. The Kier molecular flexibility index (Phi) is 5.56. The number of rotatable bonds is 6. The molecule has 2 aliphatic heterocycles. The molecule has 3 aliphatic rings. The maximum atomic E-state index is 13.0. The van der Waals surface area contributed by atoms with Gasteiger partial charge >= 0.3 is 0 Å². The molecule has 1 aliphatic carbocycles. The van der Waals surface area contributed by atoms with Crippen LogP contribution in [-0.4, -0.2) is 47.8 Å². The van der Waals surface area contributed by atoms with Gasteiger partial charge in [0.25, 0.3) is 0 Å². The smallest absolute Gasteiger partial charge is 0.222 e. The average Bonchev–Trinajstić information content (AvgIpc) is 3.57. The van der Waals surface area contributed by atoms with Crippen molar-refractivity contribution in [1.29, 1.82) is 0 Å². The highest BCUT2D eigenvalue weighted by atomic mass is 16.2. The fourth-order valence-corrected chi connectivity index (χ4v) is 5.97. The molecule has 0 atom stereocenters. The van der Waals surface area contributed by atoms with Gasteiger partial charge in [-0.1, -0.05) is 48.5 Å². The number of fused-ring (bicyclic) bond motifs is 3. The lowest BCUT2D eigenvalue weighted by Gasteiger charge is -2.33. The second-order valence-corrected chi connectivity index (χ2v) is 9.35. The fraction of sp³-hybridized carbons (Fsp3) is 0.481. The van der Waals surface area contributed by atoms with E-state index in [1.807, 2.05) is 9.80 Å². The number of benzene rings is 2. The first-order valence-corrected chi connectivity index (χ1v) is 11.9. The second-order valence-electron chi connectivity index (χ2n) is 9.35. The van der Waals surface area contributed by atoms with Crippen molar-refractivity contribution in [2.75, 3.05) is 26.2 Å². The molecule has 162 valence electrons. The summed E-state index contributed by atoms with van der Waals surface area (Å²) in [7, 11) is 0. The van der Waals surface area contributed by atoms with Crippen molar-refractivity contribution in [1.82, 2.24) is 9.80 Å². The van der Waals surface area contributed by atoms with Gasteiger partial charge in [0.2, 0.25) is 11.8 Å². The predicted octanol–water partition coefficient (Wildman–Crippen LogP) is 4.76. The summed E-state index contributed by atoms with van der Waals surface area (Å²) in [6.45, 7) is 3.58. The van der Waals surface area contributed by atoms with E-state index < -0.39 is 0 Å². The molecule has 4 heteroatoms. The van der Waals surface area contributed by atoms with E-state index in [4.69, 9.17) is 0 Å². The maximum absolute atomic E-state index is 13.0. The first-order valence-electron chi connectivity index (χ1n) is 11.9. The van der Waals surface area contributed by atoms with Gasteiger partial charge < -0.3 is 9.80 Å². The molecule has 0 aromatic heterocycles. The Bertz CT molecular complexity index is 891. The Morgan fingerprint density at radius 2 is 1.03 bits per heavy atom. The molecule has 0 spiro atoms. The zero-order chi connectivity index (χ0) is 21.3. The van der Waals surface area contributed by atoms with Gasteiger partial charge in [0, 0.05) is 44.4 Å². The largest absolute Gasteiger partial charge is 0.343 e. The molecule has 0 bridgehead atoms. The lowest BCUT2D eigenvalue weighted by molar-refractivity contribution is -0.130. The lowest BCUT2D eigenvalue weighted by Crippen LogP contribution is -2.34. The molecule has 31 heavy (non-hydrogen) atoms. The Labute approximate surface area is 185 Å². The van der Waals surface area contributed by atoms with Crippen molar-refractivity contribution in [3.8, 4) is 11.1 Å². The molecule has 5 rings (SSSR count). The van der Waals surface area contributed by atoms with Crippen LogP contribution in [-0.2, 0) is 15.0 Å². The van der Waals surface area contributed by atoms with Crippen molar-refractivity contribution in [3.63, 3.8) is 0 Å². The Morgan fingerprint density at radius 1 is 0.645 bits per heavy atom. The summed E-state index contributed by atoms with van der Waals surface area (Å²) < 4.78 is 0. The first-order chi connectivity index (χ1) is 15.2. The third-order valence-electron chi connectivity index (χ3n) is 7.62. The number of hydrogen-bond donors (Lipinski definition) is 0. The number of carbonyl (C=O) groups is 2. The molecule has 0 radical (unpaired) electrons. The minimum absolute atomic E-state index is 0.266. The van der Waals surface area contributed by atoms with Crippen molar-refractivity contribution < 1.29 is 9.59 Å². The van der Waals surface area contributed by atoms with Crippen LogP contribution < -0.4 is 0 Å². The number of nitrogens with zero attached hydrogens (tertiary/aromatic N) is 2. The minimum atomic E-state index is -0.266. The van der Waals surface area contributed by atoms with Gasteiger partial charge in [0.05, 0.1) is 0 Å². The molecule has 2 saturated heterocycles. The highest BCUT2D eigenvalue weighted by Gasteiger charge is 2.43. The number of likely N-dealkylation sites (tertiary alicyclic amines) is 2. The molecular weight excluding hydrogens is 384 g/mol. The molecular formula is C27H32N2O2. The molecule has 0 unspecified atom stereocenters. The monoisotopic (exact) mass is 416 g/mol. The molecule has 0 saturated carbocycles. The summed E-state index contributed by atoms with van der Waals surface area (Å²) in [5.74, 6) is 0.536. The van der Waals surface area contributed by atoms with E-state index in [-0.39, 0.29) is 17.2 Å². The van der Waals surface area contributed by atoms with Crippen LogP contribution in [0.3, 0.4) is 0 Å². The minimum Gasteiger partial charge on any atom is -0.343 e. The number of hydrogen-bond acceptors (Lipinski definition) is 2. The number of amides is 2. The first kappa shape index (κ1) is 20.3. The van der Waals surface area contributed by atoms with Gasteiger partial charge in [-0.05, 0) is 60.8 Å². The predicted molar refractivity (Wildman–Crippen MR) is 123 cm³/mol. The van der Waals surface area contributed by atoms with Crippen LogP contribution in [0.25, 0.3) is 11.1 Å². The Balaban J connectivity index is 1.46. The van der Waals surface area contributed by atoms with Crippen molar-refractivity contribution in [2.45, 2.75) is 56.8 Å². The summed E-state index contributed by atoms with van der Waals surface area (Å²) in [4.78, 5) is 30.0. The van der Waals surface area contributed by atoms with Crippen LogP contribution in [0.5, 0.6) is 0 Å². The van der Waals surface area contributed by atoms with Crippen LogP contribution in [0.4, 0.5) is 0 Å². The van der Waals surface area contributed by atoms with Crippen LogP contribution in [0, 0.1) is 0 Å². The van der Waals surface area contributed by atoms with Crippen LogP contribution in [0.2, 0.25) is 0 Å². The summed E-state index contributed by atoms with van der Waals surface area (Å²) in [6.07, 6.45) is 7.09. The summed E-state index contributed by atoms with van der Waals surface area (Å²) in [5.41, 5.74) is 4.85. The summed E-state index contributed by atoms with van der Waals surface area (Å²) >= 11 is 0. The summed E-state index contributed by atoms with van der Waals surface area (Å²) in [5, 5.41) is 0. The van der Waals surface area contributed by atoms with Crippen LogP contribution in [0.1, 0.15) is 62.5 Å². The molecule has 2 aromatic carbocycles. The Hall–Kier alpha value is -2.62. The van der Waals surface area contributed by atoms with E-state index in [1.54, 1.807) is 0 Å². The average molecular weight is 417 g/mol. The third kappa shape index (κ3) is 3.66. The standard InChI is InChI=1S/C27H32N2O2/c30-25(28-17-5-6-18-28)13-15-27(16-14-26(31)29-19-7-8-20-29)23-11-3-1-9-21(23)22-10-2-4-12-24(22)27/h1-4,9-12H,5-8,13-20H2. The van der Waals surface area contributed by atoms with E-state index >= 15 is 0 Å². The van der Waals surface area contributed by atoms with E-state index in [0.29, 0.717) is 12.8 Å². The van der Waals surface area contributed by atoms with Crippen molar-refractivity contribution in [3.05, 3.63) is 59.7 Å². The van der Waals surface area contributed by atoms with Gasteiger partial charge in [-0.3, -0.25) is 9.59 Å². The van der Waals surface area contributed by atoms with Crippen molar-refractivity contribution in [2.24, 2.45) is 0 Å². The molecule has 2 fully saturated rings. The lowest BCUT2D eigenvalue weighted by atomic mass is 9.71. The highest BCUT2D eigenvalue weighted by molar-refractivity contribution is 5.83. The molecule has 0 N–H and O–H groups in total. The van der Waals surface area contributed by atoms with E-state index in [1.165, 1.54) is 22.3 Å². The quantitative estimate of drug-likeness (QED) is 0.681. The maximum Gasteiger partial charge on any atom is 0.222 e. The third-order valence-corrected chi connectivity index (χ3v) is 7.62. The highest BCUT2D eigenvalue weighted by Crippen LogP contribution is 2.53. The van der Waals surface area contributed by atoms with E-state index in [0.717, 1.165) is 64.7 Å². The van der Waals surface area contributed by atoms with Gasteiger partial charge in [-0.25, -0.2) is 0 Å². The zero-order valence-electron chi connectivity index (χ0n) is 18.3. The SMILES string of the molecule is O=C(CCC1(CCC(=O)N2CCCC2)c2ccccc2-c2ccccc21)N1CCCC1. The molecule has 2 aromatic rings. The molecule has 2 heterocycles. The normalized spacial score (nSPS) is 18.8. The molecule has 4 nitrogen and oxygen atoms in total. The van der Waals surface area contributed by atoms with Crippen LogP contribution in [0.15, 0.2) is 48.5 Å². The van der Waals surface area contributed by atoms with Gasteiger partial charge in [-0.15, -0.1) is 0 Å². The van der Waals surface area contributed by atoms with Gasteiger partial charge in [0.1, 0.15) is 0 Å². The van der Waals surface area contributed by atoms with E-state index in [2.05, 4.69) is 48.5 Å². The van der Waals surface area contributed by atoms with Gasteiger partial charge in [-0.2, -0.15) is 0 Å². The topological polar surface area (TPSA) is 40.6 Å². The van der Waals surface area contributed by atoms with Crippen LogP contribution >= 0.6 is 0 Å².